The van der Waals surface area contributed by atoms with E-state index in [0.717, 1.165) is 5.56 Å². The van der Waals surface area contributed by atoms with Crippen molar-refractivity contribution >= 4 is 11.8 Å². The zero-order chi connectivity index (χ0) is 15.6. The van der Waals surface area contributed by atoms with E-state index in [4.69, 9.17) is 0 Å². The third-order valence-electron chi connectivity index (χ3n) is 3.97. The molecule has 21 heavy (non-hydrogen) atoms. The Morgan fingerprint density at radius 1 is 1.14 bits per heavy atom. The van der Waals surface area contributed by atoms with Crippen LogP contribution in [0.3, 0.4) is 0 Å². The monoisotopic (exact) mass is 288 g/mol. The molecule has 4 heteroatoms. The van der Waals surface area contributed by atoms with Gasteiger partial charge in [0.15, 0.2) is 5.78 Å². The van der Waals surface area contributed by atoms with Crippen molar-refractivity contribution in [3.63, 3.8) is 0 Å². The van der Waals surface area contributed by atoms with Gasteiger partial charge in [0, 0.05) is 25.0 Å². The number of carbonyl (C=O) groups excluding carboxylic acids is 2. The number of urea groups is 1. The van der Waals surface area contributed by atoms with Gasteiger partial charge in [-0.15, -0.1) is 0 Å². The van der Waals surface area contributed by atoms with Gasteiger partial charge in [-0.3, -0.25) is 4.79 Å². The number of aryl methyl sites for hydroxylation is 1. The number of ketones is 1. The third-order valence-corrected chi connectivity index (χ3v) is 3.97. The van der Waals surface area contributed by atoms with Crippen LogP contribution in [0.25, 0.3) is 0 Å². The first-order chi connectivity index (χ1) is 9.79. The minimum Gasteiger partial charge on any atom is -0.319 e. The minimum atomic E-state index is -0.399. The number of carbonyl (C=O) groups is 2. The number of hydrogen-bond acceptors (Lipinski definition) is 2. The molecular formula is C17H24N2O2. The summed E-state index contributed by atoms with van der Waals surface area (Å²) in [6, 6.07) is 8.06. The van der Waals surface area contributed by atoms with Crippen LogP contribution >= 0.6 is 0 Å². The Morgan fingerprint density at radius 3 is 2.38 bits per heavy atom. The second kappa shape index (κ2) is 5.88. The van der Waals surface area contributed by atoms with Gasteiger partial charge in [-0.25, -0.2) is 4.79 Å². The molecule has 1 aromatic rings. The van der Waals surface area contributed by atoms with Crippen LogP contribution in [0.4, 0.5) is 4.79 Å². The fourth-order valence-corrected chi connectivity index (χ4v) is 2.33. The molecule has 1 aliphatic heterocycles. The van der Waals surface area contributed by atoms with Crippen molar-refractivity contribution in [3.8, 4) is 0 Å². The van der Waals surface area contributed by atoms with E-state index < -0.39 is 5.41 Å². The van der Waals surface area contributed by atoms with Crippen molar-refractivity contribution in [1.29, 1.82) is 0 Å². The molecule has 0 spiro atoms. The summed E-state index contributed by atoms with van der Waals surface area (Å²) in [7, 11) is 0. The highest BCUT2D eigenvalue weighted by Gasteiger charge is 2.32. The Morgan fingerprint density at radius 2 is 1.76 bits per heavy atom. The first-order valence-corrected chi connectivity index (χ1v) is 7.40. The summed E-state index contributed by atoms with van der Waals surface area (Å²) in [6.45, 7) is 9.87. The van der Waals surface area contributed by atoms with Crippen LogP contribution in [0.5, 0.6) is 0 Å². The van der Waals surface area contributed by atoms with E-state index in [1.807, 2.05) is 43.9 Å². The highest BCUT2D eigenvalue weighted by molar-refractivity contribution is 5.89. The largest absolute Gasteiger partial charge is 0.320 e. The molecule has 2 amide bonds. The molecule has 0 unspecified atom stereocenters. The van der Waals surface area contributed by atoms with E-state index in [9.17, 15) is 9.59 Å². The summed E-state index contributed by atoms with van der Waals surface area (Å²) < 4.78 is 0. The van der Waals surface area contributed by atoms with Gasteiger partial charge in [-0.2, -0.15) is 0 Å². The number of benzene rings is 1. The zero-order valence-corrected chi connectivity index (χ0v) is 13.3. The summed E-state index contributed by atoms with van der Waals surface area (Å²) in [5, 5.41) is 0. The Labute approximate surface area is 126 Å². The Hall–Kier alpha value is -1.84. The highest BCUT2D eigenvalue weighted by Crippen LogP contribution is 2.19. The van der Waals surface area contributed by atoms with Crippen molar-refractivity contribution < 1.29 is 9.59 Å². The molecule has 1 heterocycles. The van der Waals surface area contributed by atoms with Crippen molar-refractivity contribution in [3.05, 3.63) is 35.4 Å². The molecule has 1 saturated heterocycles. The van der Waals surface area contributed by atoms with Gasteiger partial charge in [0.25, 0.3) is 0 Å². The lowest BCUT2D eigenvalue weighted by Crippen LogP contribution is -2.38. The average Bonchev–Trinajstić information content (AvgIpc) is 2.73. The van der Waals surface area contributed by atoms with Crippen molar-refractivity contribution in [1.82, 2.24) is 9.80 Å². The number of nitrogens with zero attached hydrogens (tertiary/aromatic N) is 2. The lowest BCUT2D eigenvalue weighted by Gasteiger charge is -2.22. The van der Waals surface area contributed by atoms with E-state index in [1.54, 1.807) is 4.90 Å². The fourth-order valence-electron chi connectivity index (χ4n) is 2.33. The maximum atomic E-state index is 12.4. The molecule has 0 N–H and O–H groups in total. The zero-order valence-electron chi connectivity index (χ0n) is 13.3. The lowest BCUT2D eigenvalue weighted by atomic mass is 9.90. The normalized spacial score (nSPS) is 15.7. The average molecular weight is 288 g/mol. The van der Waals surface area contributed by atoms with E-state index in [-0.39, 0.29) is 18.4 Å². The maximum absolute atomic E-state index is 12.4. The van der Waals surface area contributed by atoms with Crippen LogP contribution in [0, 0.1) is 12.3 Å². The molecule has 4 nitrogen and oxygen atoms in total. The molecule has 2 rings (SSSR count). The number of rotatable bonds is 4. The number of hydrogen-bond donors (Lipinski definition) is 0. The van der Waals surface area contributed by atoms with E-state index >= 15 is 0 Å². The number of Topliss-reactive ketones (excluding diaryl/α,β-unsaturated/α-hetero) is 1. The number of amides is 2. The van der Waals surface area contributed by atoms with Crippen molar-refractivity contribution in [2.24, 2.45) is 5.41 Å². The first-order valence-electron chi connectivity index (χ1n) is 7.40. The van der Waals surface area contributed by atoms with E-state index in [2.05, 4.69) is 13.0 Å². The molecule has 0 aliphatic carbocycles. The van der Waals surface area contributed by atoms with Crippen molar-refractivity contribution in [2.75, 3.05) is 19.6 Å². The lowest BCUT2D eigenvalue weighted by molar-refractivity contribution is -0.126. The summed E-state index contributed by atoms with van der Waals surface area (Å²) in [4.78, 5) is 27.9. The summed E-state index contributed by atoms with van der Waals surface area (Å²) in [5.41, 5.74) is 1.95. The van der Waals surface area contributed by atoms with Gasteiger partial charge in [-0.1, -0.05) is 45.0 Å². The molecule has 0 aromatic heterocycles. The predicted octanol–water partition coefficient (Wildman–Crippen LogP) is 2.85. The van der Waals surface area contributed by atoms with Gasteiger partial charge in [0.2, 0.25) is 0 Å². The Kier molecular flexibility index (Phi) is 4.35. The second-order valence-electron chi connectivity index (χ2n) is 6.73. The van der Waals surface area contributed by atoms with Crippen LogP contribution < -0.4 is 0 Å². The molecule has 1 aliphatic rings. The van der Waals surface area contributed by atoms with Crippen molar-refractivity contribution in [2.45, 2.75) is 34.2 Å². The van der Waals surface area contributed by atoms with E-state index in [0.29, 0.717) is 19.6 Å². The van der Waals surface area contributed by atoms with Gasteiger partial charge >= 0.3 is 6.03 Å². The smallest absolute Gasteiger partial charge is 0.319 e. The molecule has 0 saturated carbocycles. The van der Waals surface area contributed by atoms with Gasteiger partial charge in [0.05, 0.1) is 6.54 Å². The molecule has 114 valence electrons. The fraction of sp³-hybridized carbons (Fsp3) is 0.529. The first kappa shape index (κ1) is 15.5. The highest BCUT2D eigenvalue weighted by atomic mass is 16.2. The van der Waals surface area contributed by atoms with Crippen LogP contribution in [0.15, 0.2) is 24.3 Å². The van der Waals surface area contributed by atoms with Gasteiger partial charge in [0.1, 0.15) is 0 Å². The van der Waals surface area contributed by atoms with Gasteiger partial charge in [-0.05, 0) is 18.1 Å². The molecule has 0 bridgehead atoms. The maximum Gasteiger partial charge on any atom is 0.320 e. The molecule has 0 radical (unpaired) electrons. The summed E-state index contributed by atoms with van der Waals surface area (Å²) in [6.07, 6.45) is 0. The molecular weight excluding hydrogens is 264 g/mol. The summed E-state index contributed by atoms with van der Waals surface area (Å²) in [5.74, 6) is 0.105. The topological polar surface area (TPSA) is 40.6 Å². The molecule has 0 atom stereocenters. The summed E-state index contributed by atoms with van der Waals surface area (Å²) >= 11 is 0. The third kappa shape index (κ3) is 3.63. The van der Waals surface area contributed by atoms with Gasteiger partial charge < -0.3 is 9.80 Å². The van der Waals surface area contributed by atoms with E-state index in [1.165, 1.54) is 5.56 Å². The standard InChI is InChI=1S/C17H24N2O2/c1-13-7-5-6-8-14(13)11-18-9-10-19(16(18)21)12-15(20)17(2,3)4/h5-8H,9-12H2,1-4H3. The van der Waals surface area contributed by atoms with Crippen LogP contribution in [0.2, 0.25) is 0 Å². The molecule has 1 aromatic carbocycles. The van der Waals surface area contributed by atoms with Crippen LogP contribution in [-0.2, 0) is 11.3 Å². The Bertz CT molecular complexity index is 546. The molecule has 1 fully saturated rings. The van der Waals surface area contributed by atoms with Crippen LogP contribution in [-0.4, -0.2) is 41.2 Å². The SMILES string of the molecule is Cc1ccccc1CN1CCN(CC(=O)C(C)(C)C)C1=O. The second-order valence-corrected chi connectivity index (χ2v) is 6.73. The Balaban J connectivity index is 1.99. The minimum absolute atomic E-state index is 0.0316. The quantitative estimate of drug-likeness (QED) is 0.855. The van der Waals surface area contributed by atoms with Crippen LogP contribution in [0.1, 0.15) is 31.9 Å². The predicted molar refractivity (Wildman–Crippen MR) is 83.0 cm³/mol.